The van der Waals surface area contributed by atoms with Gasteiger partial charge in [0.15, 0.2) is 0 Å². The number of ether oxygens (including phenoxy) is 3. The van der Waals surface area contributed by atoms with E-state index in [2.05, 4.69) is 62.4 Å². The standard InChI is InChI=1S/C29H38IO5/c1-4-25(31)27(10-8-6-7-9-11-28-26(5-2)34-28)35-29(32)20-33-24-18-16-23(17-19-24)30-22-14-12-21(3)13-15-22/h6-7,12-19,25-28,31H,4-5,8-11,20H2,1-3H3/q-1. The van der Waals surface area contributed by atoms with E-state index in [0.29, 0.717) is 30.8 Å². The van der Waals surface area contributed by atoms with Gasteiger partial charge in [0.2, 0.25) is 0 Å². The monoisotopic (exact) mass is 593 g/mol. The number of aryl methyl sites for hydroxylation is 1. The molecule has 35 heavy (non-hydrogen) atoms. The van der Waals surface area contributed by atoms with Crippen LogP contribution < -0.4 is 25.9 Å². The average Bonchev–Trinajstić information content (AvgIpc) is 3.64. The molecule has 0 aliphatic carbocycles. The Hall–Kier alpha value is -1.90. The fourth-order valence-corrected chi connectivity index (χ4v) is 5.96. The van der Waals surface area contributed by atoms with Gasteiger partial charge in [-0.05, 0) is 19.3 Å². The number of benzene rings is 2. The predicted octanol–water partition coefficient (Wildman–Crippen LogP) is 2.48. The number of carbonyl (C=O) groups excluding carboxylic acids is 1. The molecule has 0 amide bonds. The molecule has 0 bridgehead atoms. The van der Waals surface area contributed by atoms with Gasteiger partial charge >= 0.3 is 172 Å². The van der Waals surface area contributed by atoms with Gasteiger partial charge in [-0.15, -0.1) is 0 Å². The van der Waals surface area contributed by atoms with Crippen LogP contribution in [0.15, 0.2) is 60.7 Å². The van der Waals surface area contributed by atoms with Crippen LogP contribution in [0.2, 0.25) is 0 Å². The van der Waals surface area contributed by atoms with Crippen LogP contribution in [0.3, 0.4) is 0 Å². The van der Waals surface area contributed by atoms with Gasteiger partial charge in [0.25, 0.3) is 0 Å². The van der Waals surface area contributed by atoms with Crippen molar-refractivity contribution in [2.24, 2.45) is 0 Å². The molecule has 4 unspecified atom stereocenters. The van der Waals surface area contributed by atoms with Crippen molar-refractivity contribution in [1.82, 2.24) is 0 Å². The molecule has 192 valence electrons. The summed E-state index contributed by atoms with van der Waals surface area (Å²) in [6, 6.07) is 16.6. The van der Waals surface area contributed by atoms with Crippen LogP contribution in [0.5, 0.6) is 5.75 Å². The van der Waals surface area contributed by atoms with Gasteiger partial charge in [-0.2, -0.15) is 0 Å². The van der Waals surface area contributed by atoms with Gasteiger partial charge in [0.1, 0.15) is 0 Å². The van der Waals surface area contributed by atoms with Crippen molar-refractivity contribution in [2.75, 3.05) is 6.61 Å². The second kappa shape index (κ2) is 14.6. The van der Waals surface area contributed by atoms with E-state index in [1.165, 1.54) is 12.7 Å². The zero-order chi connectivity index (χ0) is 25.0. The van der Waals surface area contributed by atoms with Crippen LogP contribution in [0.1, 0.15) is 57.9 Å². The summed E-state index contributed by atoms with van der Waals surface area (Å²) in [7, 11) is 0. The van der Waals surface area contributed by atoms with E-state index >= 15 is 0 Å². The van der Waals surface area contributed by atoms with E-state index in [-0.39, 0.29) is 27.8 Å². The summed E-state index contributed by atoms with van der Waals surface area (Å²) >= 11 is -0.242. The van der Waals surface area contributed by atoms with Crippen molar-refractivity contribution in [3.63, 3.8) is 0 Å². The van der Waals surface area contributed by atoms with Gasteiger partial charge in [-0.1, -0.05) is 13.0 Å². The SMILES string of the molecule is CCC(O)C(CCC=CCCC1OC1CC)OC(=O)COc1ccc([I-]c2ccc(C)cc2)cc1. The van der Waals surface area contributed by atoms with Crippen molar-refractivity contribution in [3.8, 4) is 5.75 Å². The fourth-order valence-electron chi connectivity index (χ4n) is 3.80. The van der Waals surface area contributed by atoms with Crippen molar-refractivity contribution >= 4 is 5.97 Å². The summed E-state index contributed by atoms with van der Waals surface area (Å²) in [6.07, 6.45) is 8.92. The molecule has 3 rings (SSSR count). The van der Waals surface area contributed by atoms with E-state index in [4.69, 9.17) is 14.2 Å². The molecule has 2 aromatic rings. The maximum absolute atomic E-state index is 12.4. The number of epoxide rings is 1. The summed E-state index contributed by atoms with van der Waals surface area (Å²) in [6.45, 7) is 5.96. The number of carbonyl (C=O) groups is 1. The van der Waals surface area contributed by atoms with Crippen LogP contribution in [0.4, 0.5) is 0 Å². The Labute approximate surface area is 220 Å². The van der Waals surface area contributed by atoms with E-state index in [9.17, 15) is 9.90 Å². The number of halogens is 1. The number of hydrogen-bond donors (Lipinski definition) is 1. The van der Waals surface area contributed by atoms with E-state index < -0.39 is 18.2 Å². The molecule has 0 spiro atoms. The normalized spacial score (nSPS) is 19.0. The first-order valence-electron chi connectivity index (χ1n) is 12.6. The third-order valence-corrected chi connectivity index (χ3v) is 8.71. The van der Waals surface area contributed by atoms with Crippen molar-refractivity contribution in [2.45, 2.75) is 83.7 Å². The van der Waals surface area contributed by atoms with Crippen LogP contribution in [0, 0.1) is 14.1 Å². The Balaban J connectivity index is 1.37. The minimum absolute atomic E-state index is 0.172. The predicted molar refractivity (Wildman–Crippen MR) is 133 cm³/mol. The molecule has 1 fully saturated rings. The Morgan fingerprint density at radius 2 is 1.69 bits per heavy atom. The number of allylic oxidation sites excluding steroid dienone is 2. The zero-order valence-electron chi connectivity index (χ0n) is 21.0. The first-order chi connectivity index (χ1) is 17.0. The number of esters is 1. The van der Waals surface area contributed by atoms with Gasteiger partial charge < -0.3 is 4.74 Å². The quantitative estimate of drug-likeness (QED) is 0.149. The van der Waals surface area contributed by atoms with Gasteiger partial charge in [-0.3, -0.25) is 0 Å². The van der Waals surface area contributed by atoms with Crippen molar-refractivity contribution in [3.05, 3.63) is 73.4 Å². The molecular formula is C29H38IO5-. The molecule has 1 aliphatic heterocycles. The molecule has 0 aromatic heterocycles. The molecule has 1 saturated heterocycles. The Bertz CT molecular complexity index is 925. The third kappa shape index (κ3) is 9.94. The number of hydrogen-bond acceptors (Lipinski definition) is 5. The Kier molecular flexibility index (Phi) is 11.6. The fraction of sp³-hybridized carbons (Fsp3) is 0.483. The first-order valence-corrected chi connectivity index (χ1v) is 14.8. The molecule has 2 aromatic carbocycles. The van der Waals surface area contributed by atoms with Crippen LogP contribution >= 0.6 is 0 Å². The second-order valence-electron chi connectivity index (χ2n) is 8.88. The molecule has 0 radical (unpaired) electrons. The first kappa shape index (κ1) is 27.7. The number of aliphatic hydroxyl groups excluding tert-OH is 1. The number of rotatable bonds is 15. The maximum atomic E-state index is 12.4. The summed E-state index contributed by atoms with van der Waals surface area (Å²) in [5.74, 6) is 0.179. The van der Waals surface area contributed by atoms with Gasteiger partial charge in [-0.25, -0.2) is 0 Å². The summed E-state index contributed by atoms with van der Waals surface area (Å²) < 4.78 is 19.4. The minimum atomic E-state index is -0.678. The van der Waals surface area contributed by atoms with Crippen molar-refractivity contribution in [1.29, 1.82) is 0 Å². The average molecular weight is 594 g/mol. The van der Waals surface area contributed by atoms with Crippen molar-refractivity contribution < 1.29 is 45.3 Å². The molecule has 0 saturated carbocycles. The van der Waals surface area contributed by atoms with E-state index in [0.717, 1.165) is 25.7 Å². The zero-order valence-corrected chi connectivity index (χ0v) is 23.1. The van der Waals surface area contributed by atoms with Crippen LogP contribution in [-0.4, -0.2) is 42.1 Å². The molecule has 5 nitrogen and oxygen atoms in total. The second-order valence-corrected chi connectivity index (χ2v) is 11.9. The summed E-state index contributed by atoms with van der Waals surface area (Å²) in [5.41, 5.74) is 1.27. The van der Waals surface area contributed by atoms with E-state index in [1.54, 1.807) is 0 Å². The molecule has 1 aliphatic rings. The van der Waals surface area contributed by atoms with E-state index in [1.807, 2.05) is 19.1 Å². The molecular weight excluding hydrogens is 555 g/mol. The van der Waals surface area contributed by atoms with Gasteiger partial charge in [0, 0.05) is 0 Å². The number of aliphatic hydroxyl groups is 1. The van der Waals surface area contributed by atoms with Crippen LogP contribution in [-0.2, 0) is 14.3 Å². The summed E-state index contributed by atoms with van der Waals surface area (Å²) in [5, 5.41) is 10.3. The molecule has 1 heterocycles. The third-order valence-electron chi connectivity index (χ3n) is 6.02. The van der Waals surface area contributed by atoms with Crippen LogP contribution in [0.25, 0.3) is 0 Å². The topological polar surface area (TPSA) is 68.3 Å². The molecule has 4 atom stereocenters. The Morgan fingerprint density at radius 1 is 1.03 bits per heavy atom. The summed E-state index contributed by atoms with van der Waals surface area (Å²) in [4.78, 5) is 12.4. The Morgan fingerprint density at radius 3 is 2.31 bits per heavy atom. The molecule has 1 N–H and O–H groups in total. The molecule has 6 heteroatoms. The van der Waals surface area contributed by atoms with Gasteiger partial charge in [0.05, 0.1) is 12.2 Å².